The largest absolute Gasteiger partial charge is 0.505 e. The predicted octanol–water partition coefficient (Wildman–Crippen LogP) is 5.35. The number of carbonyl (C=O) groups excluding carboxylic acids is 1. The summed E-state index contributed by atoms with van der Waals surface area (Å²) < 4.78 is 0. The number of anilines is 2. The molecule has 1 aliphatic heterocycles. The fraction of sp³-hybridized carbons (Fsp3) is 0.185. The Morgan fingerprint density at radius 2 is 1.83 bits per heavy atom. The van der Waals surface area contributed by atoms with Crippen LogP contribution in [0.25, 0.3) is 11.1 Å². The predicted molar refractivity (Wildman–Crippen MR) is 137 cm³/mol. The Labute approximate surface area is 203 Å². The van der Waals surface area contributed by atoms with Gasteiger partial charge >= 0.3 is 11.9 Å². The third-order valence-electron chi connectivity index (χ3n) is 5.86. The van der Waals surface area contributed by atoms with Crippen LogP contribution in [0.2, 0.25) is 0 Å². The number of hydrogen-bond donors (Lipinski definition) is 3. The summed E-state index contributed by atoms with van der Waals surface area (Å²) in [5, 5.41) is 30.3. The zero-order valence-electron chi connectivity index (χ0n) is 19.7. The summed E-state index contributed by atoms with van der Waals surface area (Å²) in [7, 11) is 0. The van der Waals surface area contributed by atoms with E-state index in [2.05, 4.69) is 15.6 Å². The average Bonchev–Trinajstić information content (AvgIpc) is 3.15. The van der Waals surface area contributed by atoms with E-state index in [0.717, 1.165) is 17.5 Å². The maximum Gasteiger partial charge on any atom is 0.335 e. The Bertz CT molecular complexity index is 1380. The van der Waals surface area contributed by atoms with Gasteiger partial charge < -0.3 is 10.2 Å². The van der Waals surface area contributed by atoms with Gasteiger partial charge in [-0.1, -0.05) is 43.7 Å². The molecule has 0 bridgehead atoms. The molecule has 8 nitrogen and oxygen atoms in total. The molecule has 1 aliphatic rings. The Kier molecular flexibility index (Phi) is 6.64. The van der Waals surface area contributed by atoms with Crippen LogP contribution in [0.3, 0.4) is 0 Å². The van der Waals surface area contributed by atoms with Crippen LogP contribution in [0.15, 0.2) is 70.9 Å². The molecule has 4 rings (SSSR count). The van der Waals surface area contributed by atoms with Gasteiger partial charge in [-0.2, -0.15) is 15.2 Å². The Morgan fingerprint density at radius 3 is 2.54 bits per heavy atom. The summed E-state index contributed by atoms with van der Waals surface area (Å²) >= 11 is 0. The van der Waals surface area contributed by atoms with Crippen molar-refractivity contribution >= 4 is 34.7 Å². The number of aryl methyl sites for hydroxylation is 2. The van der Waals surface area contributed by atoms with Crippen LogP contribution in [0.4, 0.5) is 11.4 Å². The average molecular weight is 471 g/mol. The number of benzene rings is 3. The Hall–Kier alpha value is -4.46. The summed E-state index contributed by atoms with van der Waals surface area (Å²) in [6.45, 7) is 5.98. The maximum atomic E-state index is 13.2. The van der Waals surface area contributed by atoms with Gasteiger partial charge in [0.1, 0.15) is 5.75 Å². The van der Waals surface area contributed by atoms with Gasteiger partial charge in [-0.05, 0) is 67.3 Å². The zero-order valence-corrected chi connectivity index (χ0v) is 19.7. The molecule has 0 saturated heterocycles. The molecule has 0 unspecified atom stereocenters. The van der Waals surface area contributed by atoms with Crippen LogP contribution in [0.1, 0.15) is 41.3 Å². The van der Waals surface area contributed by atoms with Crippen LogP contribution >= 0.6 is 0 Å². The second-order valence-corrected chi connectivity index (χ2v) is 8.34. The van der Waals surface area contributed by atoms with Gasteiger partial charge in [0.25, 0.3) is 0 Å². The monoisotopic (exact) mass is 470 g/mol. The Morgan fingerprint density at radius 1 is 1.06 bits per heavy atom. The van der Waals surface area contributed by atoms with Crippen molar-refractivity contribution in [2.75, 3.05) is 10.4 Å². The van der Waals surface area contributed by atoms with Crippen molar-refractivity contribution in [3.63, 3.8) is 0 Å². The van der Waals surface area contributed by atoms with Crippen molar-refractivity contribution in [1.82, 2.24) is 0 Å². The van der Waals surface area contributed by atoms with Crippen molar-refractivity contribution < 1.29 is 19.8 Å². The second kappa shape index (κ2) is 9.80. The molecule has 1 heterocycles. The van der Waals surface area contributed by atoms with Crippen molar-refractivity contribution in [3.8, 4) is 16.9 Å². The van der Waals surface area contributed by atoms with Crippen LogP contribution < -0.4 is 10.4 Å². The Balaban J connectivity index is 1.65. The molecular weight excluding hydrogens is 444 g/mol. The van der Waals surface area contributed by atoms with Crippen molar-refractivity contribution in [1.29, 1.82) is 0 Å². The molecule has 35 heavy (non-hydrogen) atoms. The summed E-state index contributed by atoms with van der Waals surface area (Å²) in [6.07, 6.45) is 1.36. The minimum atomic E-state index is -1.05. The molecule has 178 valence electrons. The number of aromatic hydroxyl groups is 1. The molecule has 0 aliphatic carbocycles. The first-order valence-corrected chi connectivity index (χ1v) is 11.3. The molecule has 1 amide bonds. The summed E-state index contributed by atoms with van der Waals surface area (Å²) in [5.41, 5.74) is 7.78. The quantitative estimate of drug-likeness (QED) is 0.318. The zero-order chi connectivity index (χ0) is 25.1. The number of aromatic carboxylic acids is 1. The minimum Gasteiger partial charge on any atom is -0.505 e. The SMILES string of the molecule is CCCC1=NN(c2ccc(C)c(C)c2)C(=O)/C1=N\Nc1cccc(-c2cccc(C(=O)O)c2)c1O. The molecule has 0 aromatic heterocycles. The van der Waals surface area contributed by atoms with E-state index >= 15 is 0 Å². The van der Waals surface area contributed by atoms with Gasteiger partial charge in [-0.3, -0.25) is 10.2 Å². The van der Waals surface area contributed by atoms with Crippen LogP contribution in [-0.2, 0) is 4.79 Å². The van der Waals surface area contributed by atoms with Gasteiger partial charge in [-0.15, -0.1) is 0 Å². The molecule has 3 N–H and O–H groups in total. The molecule has 0 saturated carbocycles. The molecule has 8 heteroatoms. The van der Waals surface area contributed by atoms with Crippen LogP contribution in [0, 0.1) is 13.8 Å². The van der Waals surface area contributed by atoms with Crippen molar-refractivity contribution in [3.05, 3.63) is 77.4 Å². The van der Waals surface area contributed by atoms with Crippen molar-refractivity contribution in [2.24, 2.45) is 10.2 Å². The first-order valence-electron chi connectivity index (χ1n) is 11.3. The highest BCUT2D eigenvalue weighted by Crippen LogP contribution is 2.36. The minimum absolute atomic E-state index is 0.107. The number of amides is 1. The summed E-state index contributed by atoms with van der Waals surface area (Å²) in [5.74, 6) is -1.51. The molecule has 0 fully saturated rings. The lowest BCUT2D eigenvalue weighted by Gasteiger charge is -2.13. The molecule has 3 aromatic carbocycles. The summed E-state index contributed by atoms with van der Waals surface area (Å²) in [6, 6.07) is 17.0. The third-order valence-corrected chi connectivity index (χ3v) is 5.86. The highest BCUT2D eigenvalue weighted by atomic mass is 16.4. The number of para-hydroxylation sites is 1. The van der Waals surface area contributed by atoms with Crippen LogP contribution in [0.5, 0.6) is 5.75 Å². The van der Waals surface area contributed by atoms with Crippen LogP contribution in [-0.4, -0.2) is 33.5 Å². The van der Waals surface area contributed by atoms with Gasteiger partial charge in [0.05, 0.1) is 22.6 Å². The number of carboxylic acid groups (broad SMARTS) is 1. The topological polar surface area (TPSA) is 115 Å². The molecular formula is C27H26N4O4. The lowest BCUT2D eigenvalue weighted by Crippen LogP contribution is -2.28. The summed E-state index contributed by atoms with van der Waals surface area (Å²) in [4.78, 5) is 24.5. The van der Waals surface area contributed by atoms with Crippen molar-refractivity contribution in [2.45, 2.75) is 33.6 Å². The number of phenolic OH excluding ortho intramolecular Hbond substituents is 1. The fourth-order valence-electron chi connectivity index (χ4n) is 3.79. The fourth-order valence-corrected chi connectivity index (χ4v) is 3.79. The second-order valence-electron chi connectivity index (χ2n) is 8.34. The number of rotatable bonds is 7. The van der Waals surface area contributed by atoms with E-state index in [1.807, 2.05) is 39.0 Å². The van der Waals surface area contributed by atoms with E-state index < -0.39 is 5.97 Å². The first-order chi connectivity index (χ1) is 16.8. The van der Waals surface area contributed by atoms with E-state index in [9.17, 15) is 19.8 Å². The van der Waals surface area contributed by atoms with Gasteiger partial charge in [0.2, 0.25) is 0 Å². The number of nitrogens with one attached hydrogen (secondary N) is 1. The number of hydrazone groups is 2. The van der Waals surface area contributed by atoms with E-state index in [1.54, 1.807) is 30.3 Å². The molecule has 0 spiro atoms. The third kappa shape index (κ3) is 4.77. The van der Waals surface area contributed by atoms with E-state index in [-0.39, 0.29) is 28.6 Å². The highest BCUT2D eigenvalue weighted by Gasteiger charge is 2.33. The maximum absolute atomic E-state index is 13.2. The standard InChI is InChI=1S/C27H26N4O4/c1-4-7-22-24(26(33)31(30-22)20-13-12-16(2)17(3)14-20)29-28-23-11-6-10-21(25(23)32)18-8-5-9-19(15-18)27(34)35/h5-6,8-15,28,32H,4,7H2,1-3H3,(H,34,35)/b29-24-. The van der Waals surface area contributed by atoms with E-state index in [4.69, 9.17) is 0 Å². The number of phenols is 1. The normalized spacial score (nSPS) is 14.4. The molecule has 0 radical (unpaired) electrons. The van der Waals surface area contributed by atoms with Gasteiger partial charge in [0, 0.05) is 5.56 Å². The lowest BCUT2D eigenvalue weighted by atomic mass is 10.0. The van der Waals surface area contributed by atoms with Gasteiger partial charge in [-0.25, -0.2) is 4.79 Å². The highest BCUT2D eigenvalue weighted by molar-refractivity contribution is 6.71. The lowest BCUT2D eigenvalue weighted by molar-refractivity contribution is -0.112. The molecule has 3 aromatic rings. The number of carboxylic acids is 1. The van der Waals surface area contributed by atoms with E-state index in [1.165, 1.54) is 17.1 Å². The van der Waals surface area contributed by atoms with Gasteiger partial charge in [0.15, 0.2) is 5.71 Å². The number of hydrogen-bond acceptors (Lipinski definition) is 6. The number of nitrogens with zero attached hydrogens (tertiary/aromatic N) is 3. The van der Waals surface area contributed by atoms with E-state index in [0.29, 0.717) is 28.9 Å². The number of carbonyl (C=O) groups is 2. The molecule has 0 atom stereocenters. The first kappa shape index (κ1) is 23.7. The smallest absolute Gasteiger partial charge is 0.335 e.